The molecule has 1 aromatic heterocycles. The molecule has 0 saturated carbocycles. The fourth-order valence-corrected chi connectivity index (χ4v) is 7.10. The summed E-state index contributed by atoms with van der Waals surface area (Å²) >= 11 is 3.23. The Balaban J connectivity index is 1.58. The Hall–Kier alpha value is -1.67. The van der Waals surface area contributed by atoms with E-state index in [1.165, 1.54) is 5.56 Å². The monoisotopic (exact) mass is 474 g/mol. The molecule has 0 bridgehead atoms. The second-order valence-electron chi connectivity index (χ2n) is 8.52. The van der Waals surface area contributed by atoms with Crippen LogP contribution in [0.4, 0.5) is 0 Å². The number of hydrogen-bond donors (Lipinski definition) is 2. The van der Waals surface area contributed by atoms with Gasteiger partial charge < -0.3 is 10.6 Å². The number of carbonyl (C=O) groups is 1. The van der Waals surface area contributed by atoms with Crippen molar-refractivity contribution in [3.8, 4) is 0 Å². The maximum absolute atomic E-state index is 13.5. The number of likely N-dealkylation sites (tertiary alicyclic amines) is 1. The minimum absolute atomic E-state index is 0.101. The second-order valence-corrected chi connectivity index (χ2v) is 13.8. The van der Waals surface area contributed by atoms with Gasteiger partial charge in [0.2, 0.25) is 0 Å². The molecule has 2 N–H and O–H groups in total. The zero-order valence-corrected chi connectivity index (χ0v) is 20.8. The first-order chi connectivity index (χ1) is 14.8. The third-order valence-corrected chi connectivity index (χ3v) is 9.97. The van der Waals surface area contributed by atoms with E-state index in [4.69, 9.17) is 5.73 Å². The first-order valence-corrected chi connectivity index (χ1v) is 15.2. The molecule has 166 valence electrons. The number of nitrogens with zero attached hydrogens (tertiary/aromatic N) is 1. The van der Waals surface area contributed by atoms with Gasteiger partial charge in [0.15, 0.2) is 0 Å². The van der Waals surface area contributed by atoms with Crippen molar-refractivity contribution in [1.29, 1.82) is 0 Å². The highest BCUT2D eigenvalue weighted by Gasteiger charge is 2.27. The summed E-state index contributed by atoms with van der Waals surface area (Å²) in [5.74, 6) is 0.568. The predicted molar refractivity (Wildman–Crippen MR) is 135 cm³/mol. The third kappa shape index (κ3) is 4.60. The Morgan fingerprint density at radius 3 is 2.55 bits per heavy atom. The summed E-state index contributed by atoms with van der Waals surface area (Å²) < 4.78 is 13.8. The molecule has 1 saturated heterocycles. The number of thiol groups is 1. The van der Waals surface area contributed by atoms with Crippen LogP contribution < -0.4 is 5.73 Å². The van der Waals surface area contributed by atoms with Gasteiger partial charge in [-0.2, -0.15) is 0 Å². The number of fused-ring (bicyclic) bond motifs is 1. The Kier molecular flexibility index (Phi) is 6.58. The van der Waals surface area contributed by atoms with E-state index in [-0.39, 0.29) is 5.91 Å². The Morgan fingerprint density at radius 1 is 1.16 bits per heavy atom. The van der Waals surface area contributed by atoms with Gasteiger partial charge in [-0.25, -0.2) is 0 Å². The van der Waals surface area contributed by atoms with Crippen molar-refractivity contribution in [3.63, 3.8) is 0 Å². The third-order valence-electron chi connectivity index (χ3n) is 6.10. The quantitative estimate of drug-likeness (QED) is 0.414. The first kappa shape index (κ1) is 22.5. The molecule has 2 aromatic carbocycles. The minimum atomic E-state index is -2.39. The van der Waals surface area contributed by atoms with E-state index < -0.39 is 9.93 Å². The van der Waals surface area contributed by atoms with Crippen molar-refractivity contribution in [3.05, 3.63) is 58.5 Å². The number of carbonyl (C=O) groups excluding carboxylic acids is 1. The fraction of sp³-hybridized carbons (Fsp3) is 0.375. The molecule has 7 heteroatoms. The van der Waals surface area contributed by atoms with E-state index >= 15 is 0 Å². The van der Waals surface area contributed by atoms with E-state index in [0.717, 1.165) is 56.2 Å². The summed E-state index contributed by atoms with van der Waals surface area (Å²) in [6.45, 7) is 2.06. The second kappa shape index (κ2) is 9.06. The molecule has 0 unspecified atom stereocenters. The lowest BCUT2D eigenvalue weighted by Crippen LogP contribution is -2.37. The molecule has 1 aliphatic rings. The largest absolute Gasteiger partial charge is 0.338 e. The van der Waals surface area contributed by atoms with Crippen LogP contribution in [-0.2, 0) is 16.5 Å². The van der Waals surface area contributed by atoms with Gasteiger partial charge in [-0.05, 0) is 60.8 Å². The normalized spacial score (nSPS) is 16.1. The molecule has 1 aliphatic heterocycles. The van der Waals surface area contributed by atoms with Gasteiger partial charge in [0, 0.05) is 35.3 Å². The van der Waals surface area contributed by atoms with Gasteiger partial charge in [0.05, 0.1) is 4.21 Å². The van der Waals surface area contributed by atoms with Gasteiger partial charge >= 0.3 is 0 Å². The molecular weight excluding hydrogens is 444 g/mol. The van der Waals surface area contributed by atoms with Gasteiger partial charge in [-0.3, -0.25) is 9.00 Å². The summed E-state index contributed by atoms with van der Waals surface area (Å²) in [5, 5.41) is 2.03. The molecule has 31 heavy (non-hydrogen) atoms. The lowest BCUT2D eigenvalue weighted by atomic mass is 9.88. The van der Waals surface area contributed by atoms with Crippen LogP contribution in [0, 0.1) is 0 Å². The number of benzene rings is 2. The van der Waals surface area contributed by atoms with Crippen LogP contribution >= 0.6 is 23.1 Å². The molecule has 3 aromatic rings. The Labute approximate surface area is 193 Å². The maximum Gasteiger partial charge on any atom is 0.264 e. The molecule has 1 fully saturated rings. The highest BCUT2D eigenvalue weighted by atomic mass is 32.2. The van der Waals surface area contributed by atoms with Gasteiger partial charge in [0.25, 0.3) is 5.91 Å². The highest BCUT2D eigenvalue weighted by molar-refractivity contribution is 8.01. The van der Waals surface area contributed by atoms with Crippen LogP contribution in [0.2, 0.25) is 0 Å². The molecule has 4 nitrogen and oxygen atoms in total. The van der Waals surface area contributed by atoms with Crippen LogP contribution in [0.1, 0.15) is 39.6 Å². The smallest absolute Gasteiger partial charge is 0.264 e. The summed E-state index contributed by atoms with van der Waals surface area (Å²) in [5.41, 5.74) is 8.28. The van der Waals surface area contributed by atoms with Gasteiger partial charge in [0.1, 0.15) is 4.88 Å². The van der Waals surface area contributed by atoms with E-state index in [9.17, 15) is 9.00 Å². The zero-order valence-electron chi connectivity index (χ0n) is 18.3. The van der Waals surface area contributed by atoms with Crippen molar-refractivity contribution in [1.82, 2.24) is 4.90 Å². The average Bonchev–Trinajstić information content (AvgIpc) is 3.16. The van der Waals surface area contributed by atoms with E-state index in [0.29, 0.717) is 12.5 Å². The van der Waals surface area contributed by atoms with Crippen molar-refractivity contribution < 1.29 is 9.00 Å². The lowest BCUT2D eigenvalue weighted by molar-refractivity contribution is 0.0719. The molecule has 1 amide bonds. The highest BCUT2D eigenvalue weighted by Crippen LogP contribution is 2.40. The van der Waals surface area contributed by atoms with Crippen molar-refractivity contribution in [2.24, 2.45) is 5.73 Å². The summed E-state index contributed by atoms with van der Waals surface area (Å²) in [6.07, 6.45) is 7.52. The molecular formula is C24H30N2O2S3. The number of piperidine rings is 1. The fourth-order valence-electron chi connectivity index (χ4n) is 4.28. The number of amides is 1. The van der Waals surface area contributed by atoms with E-state index in [2.05, 4.69) is 24.3 Å². The number of thiophene rings is 1. The molecule has 2 heterocycles. The minimum Gasteiger partial charge on any atom is -0.338 e. The van der Waals surface area contributed by atoms with Gasteiger partial charge in [-0.1, -0.05) is 40.3 Å². The van der Waals surface area contributed by atoms with Crippen molar-refractivity contribution >= 4 is 49.7 Å². The first-order valence-electron chi connectivity index (χ1n) is 10.6. The number of thioether (sulfide) groups is 1. The summed E-state index contributed by atoms with van der Waals surface area (Å²) in [6, 6.07) is 14.5. The van der Waals surface area contributed by atoms with E-state index in [1.807, 2.05) is 29.4 Å². The van der Waals surface area contributed by atoms with E-state index in [1.54, 1.807) is 35.6 Å². The lowest BCUT2D eigenvalue weighted by Gasteiger charge is -2.32. The van der Waals surface area contributed by atoms with Gasteiger partial charge in [-0.15, -0.1) is 23.1 Å². The average molecular weight is 475 g/mol. The van der Waals surface area contributed by atoms with Crippen LogP contribution in [-0.4, -0.2) is 46.9 Å². The number of rotatable bonds is 5. The van der Waals surface area contributed by atoms with Crippen LogP contribution in [0.25, 0.3) is 10.8 Å². The standard InChI is InChI=1S/C24H30N2O2S3/c1-29-24-20-8-7-19(31(2,3)28)14-21(20)22(30-24)23(27)26-11-9-17(10-12-26)18-6-4-5-16(13-18)15-25/h4-8,13-14,17,31H,9-12,15,25H2,1-3H3. The van der Waals surface area contributed by atoms with Crippen LogP contribution in [0.5, 0.6) is 0 Å². The topological polar surface area (TPSA) is 63.4 Å². The zero-order chi connectivity index (χ0) is 22.2. The molecule has 4 rings (SSSR count). The van der Waals surface area contributed by atoms with Crippen molar-refractivity contribution in [2.75, 3.05) is 31.9 Å². The Morgan fingerprint density at radius 2 is 1.90 bits per heavy atom. The predicted octanol–water partition coefficient (Wildman–Crippen LogP) is 4.74. The maximum atomic E-state index is 13.5. The number of nitrogens with two attached hydrogens (primary N) is 1. The van der Waals surface area contributed by atoms with Crippen molar-refractivity contribution in [2.45, 2.75) is 34.4 Å². The number of hydrogen-bond acceptors (Lipinski definition) is 5. The summed E-state index contributed by atoms with van der Waals surface area (Å²) in [7, 11) is -2.39. The SMILES string of the molecule is CSc1sc(C(=O)N2CCC(c3cccc(CN)c3)CC2)c2cc([SH](C)(C)=O)ccc12. The molecule has 0 aliphatic carbocycles. The van der Waals surface area contributed by atoms with Crippen LogP contribution in [0.3, 0.4) is 0 Å². The summed E-state index contributed by atoms with van der Waals surface area (Å²) in [4.78, 5) is 17.1. The Bertz CT molecular complexity index is 1160. The molecule has 0 atom stereocenters. The molecule has 0 radical (unpaired) electrons. The molecule has 0 spiro atoms. The van der Waals surface area contributed by atoms with Crippen LogP contribution in [0.15, 0.2) is 51.6 Å².